The van der Waals surface area contributed by atoms with E-state index in [4.69, 9.17) is 30.5 Å². The van der Waals surface area contributed by atoms with Gasteiger partial charge in [-0.2, -0.15) is 0 Å². The van der Waals surface area contributed by atoms with Crippen LogP contribution in [0.25, 0.3) is 0 Å². The second-order valence-corrected chi connectivity index (χ2v) is 7.18. The Morgan fingerprint density at radius 1 is 0.879 bits per heavy atom. The van der Waals surface area contributed by atoms with Crippen molar-refractivity contribution in [1.29, 1.82) is 0 Å². The Kier molecular flexibility index (Phi) is 8.10. The lowest BCUT2D eigenvalue weighted by Crippen LogP contribution is -2.30. The van der Waals surface area contributed by atoms with Gasteiger partial charge in [-0.3, -0.25) is 9.59 Å². The lowest BCUT2D eigenvalue weighted by molar-refractivity contribution is 0.0899. The van der Waals surface area contributed by atoms with Gasteiger partial charge in [-0.25, -0.2) is 4.98 Å². The summed E-state index contributed by atoms with van der Waals surface area (Å²) < 4.78 is 21.3. The van der Waals surface area contributed by atoms with Crippen molar-refractivity contribution in [2.24, 2.45) is 0 Å². The lowest BCUT2D eigenvalue weighted by Gasteiger charge is -2.12. The van der Waals surface area contributed by atoms with Gasteiger partial charge in [-0.15, -0.1) is 0 Å². The molecule has 8 nitrogen and oxygen atoms in total. The quantitative estimate of drug-likeness (QED) is 0.354. The number of benzene rings is 2. The number of Topliss-reactive ketones (excluding diaryl/α,β-unsaturated/α-hetero) is 1. The monoisotopic (exact) mass is 470 g/mol. The number of carbonyl (C=O) groups is 2. The smallest absolute Gasteiger partial charge is 0.251 e. The molecule has 172 valence electrons. The van der Waals surface area contributed by atoms with Crippen LogP contribution in [-0.2, 0) is 6.61 Å². The van der Waals surface area contributed by atoms with Crippen LogP contribution in [0, 0.1) is 0 Å². The van der Waals surface area contributed by atoms with E-state index in [2.05, 4.69) is 10.3 Å². The maximum Gasteiger partial charge on any atom is 0.251 e. The second-order valence-electron chi connectivity index (χ2n) is 6.79. The maximum atomic E-state index is 12.8. The fraction of sp³-hybridized carbons (Fsp3) is 0.208. The molecule has 0 aliphatic carbocycles. The number of nitrogens with zero attached hydrogens (tertiary/aromatic N) is 1. The number of pyridine rings is 1. The molecule has 3 rings (SSSR count). The molecule has 0 saturated carbocycles. The van der Waals surface area contributed by atoms with E-state index in [1.807, 2.05) is 24.3 Å². The highest BCUT2D eigenvalue weighted by Gasteiger charge is 2.18. The Morgan fingerprint density at radius 2 is 1.58 bits per heavy atom. The number of amides is 1. The number of ether oxygens (including phenoxy) is 4. The number of carbonyl (C=O) groups excluding carboxylic acids is 2. The third-order valence-electron chi connectivity index (χ3n) is 4.70. The molecule has 0 spiro atoms. The highest BCUT2D eigenvalue weighted by atomic mass is 35.5. The van der Waals surface area contributed by atoms with Crippen LogP contribution in [0.5, 0.6) is 23.0 Å². The van der Waals surface area contributed by atoms with Crippen LogP contribution in [0.2, 0.25) is 5.15 Å². The first-order valence-corrected chi connectivity index (χ1v) is 10.3. The number of ketones is 1. The van der Waals surface area contributed by atoms with Gasteiger partial charge in [-0.1, -0.05) is 23.7 Å². The third-order valence-corrected chi connectivity index (χ3v) is 4.91. The number of rotatable bonds is 10. The van der Waals surface area contributed by atoms with Crippen molar-refractivity contribution in [3.05, 3.63) is 76.6 Å². The summed E-state index contributed by atoms with van der Waals surface area (Å²) in [6, 6.07) is 15.1. The van der Waals surface area contributed by atoms with Gasteiger partial charge >= 0.3 is 0 Å². The molecule has 1 aromatic heterocycles. The Bertz CT molecular complexity index is 1130. The summed E-state index contributed by atoms with van der Waals surface area (Å²) in [7, 11) is 4.57. The van der Waals surface area contributed by atoms with Crippen LogP contribution in [0.15, 0.2) is 54.6 Å². The van der Waals surface area contributed by atoms with E-state index in [0.717, 1.165) is 11.3 Å². The summed E-state index contributed by atoms with van der Waals surface area (Å²) in [5.74, 6) is 0.991. The number of aromatic nitrogens is 1. The van der Waals surface area contributed by atoms with Gasteiger partial charge in [0, 0.05) is 5.56 Å². The summed E-state index contributed by atoms with van der Waals surface area (Å²) in [6.07, 6.45) is 0. The Labute approximate surface area is 196 Å². The van der Waals surface area contributed by atoms with E-state index in [1.165, 1.54) is 26.4 Å². The standard InChI is InChI=1S/C24H23ClN2O6/c1-30-17-7-4-15(5-8-17)14-33-20-10-11-22(25)27-23(20)18(28)13-26-24(29)16-6-9-19(31-2)21(12-16)32-3/h4-12H,13-14H2,1-3H3,(H,26,29). The summed E-state index contributed by atoms with van der Waals surface area (Å²) in [5.41, 5.74) is 1.23. The summed E-state index contributed by atoms with van der Waals surface area (Å²) in [4.78, 5) is 29.4. The van der Waals surface area contributed by atoms with Crippen LogP contribution < -0.4 is 24.3 Å². The summed E-state index contributed by atoms with van der Waals surface area (Å²) in [5, 5.41) is 2.72. The molecule has 33 heavy (non-hydrogen) atoms. The molecule has 0 unspecified atom stereocenters. The minimum absolute atomic E-state index is 0.0311. The average molecular weight is 471 g/mol. The molecule has 0 bridgehead atoms. The van der Waals surface area contributed by atoms with Crippen molar-refractivity contribution in [1.82, 2.24) is 10.3 Å². The van der Waals surface area contributed by atoms with Crippen molar-refractivity contribution >= 4 is 23.3 Å². The van der Waals surface area contributed by atoms with Gasteiger partial charge in [-0.05, 0) is 48.0 Å². The fourth-order valence-corrected chi connectivity index (χ4v) is 3.09. The van der Waals surface area contributed by atoms with Crippen LogP contribution >= 0.6 is 11.6 Å². The normalized spacial score (nSPS) is 10.3. The summed E-state index contributed by atoms with van der Waals surface area (Å²) >= 11 is 5.99. The zero-order valence-electron chi connectivity index (χ0n) is 18.4. The van der Waals surface area contributed by atoms with Crippen LogP contribution in [0.3, 0.4) is 0 Å². The van der Waals surface area contributed by atoms with Gasteiger partial charge in [0.1, 0.15) is 23.3 Å². The number of hydrogen-bond acceptors (Lipinski definition) is 7. The predicted molar refractivity (Wildman–Crippen MR) is 123 cm³/mol. The van der Waals surface area contributed by atoms with E-state index in [-0.39, 0.29) is 29.7 Å². The maximum absolute atomic E-state index is 12.8. The van der Waals surface area contributed by atoms with Gasteiger partial charge < -0.3 is 24.3 Å². The third kappa shape index (κ3) is 6.14. The minimum atomic E-state index is -0.452. The molecular formula is C24H23ClN2O6. The topological polar surface area (TPSA) is 96.0 Å². The van der Waals surface area contributed by atoms with Crippen molar-refractivity contribution in [2.75, 3.05) is 27.9 Å². The van der Waals surface area contributed by atoms with Crippen molar-refractivity contribution in [3.63, 3.8) is 0 Å². The molecule has 1 heterocycles. The van der Waals surface area contributed by atoms with Crippen molar-refractivity contribution in [3.8, 4) is 23.0 Å². The molecule has 9 heteroatoms. The predicted octanol–water partition coefficient (Wildman–Crippen LogP) is 3.95. The van der Waals surface area contributed by atoms with E-state index >= 15 is 0 Å². The Hall–Kier alpha value is -3.78. The molecule has 0 saturated heterocycles. The lowest BCUT2D eigenvalue weighted by atomic mass is 10.1. The molecule has 0 radical (unpaired) electrons. The van der Waals surface area contributed by atoms with Gasteiger partial charge in [0.05, 0.1) is 27.9 Å². The number of halogens is 1. The van der Waals surface area contributed by atoms with Gasteiger partial charge in [0.15, 0.2) is 17.2 Å². The van der Waals surface area contributed by atoms with Crippen molar-refractivity contribution in [2.45, 2.75) is 6.61 Å². The highest BCUT2D eigenvalue weighted by molar-refractivity contribution is 6.29. The van der Waals surface area contributed by atoms with Crippen LogP contribution in [0.1, 0.15) is 26.4 Å². The molecule has 2 aromatic carbocycles. The van der Waals surface area contributed by atoms with E-state index in [1.54, 1.807) is 25.3 Å². The molecule has 1 amide bonds. The molecule has 0 atom stereocenters. The zero-order chi connectivity index (χ0) is 23.8. The second kappa shape index (κ2) is 11.2. The van der Waals surface area contributed by atoms with Gasteiger partial charge in [0.2, 0.25) is 5.78 Å². The van der Waals surface area contributed by atoms with E-state index in [9.17, 15) is 9.59 Å². The zero-order valence-corrected chi connectivity index (χ0v) is 19.1. The highest BCUT2D eigenvalue weighted by Crippen LogP contribution is 2.27. The first kappa shape index (κ1) is 23.9. The molecular weight excluding hydrogens is 448 g/mol. The molecule has 0 aliphatic rings. The largest absolute Gasteiger partial charge is 0.497 e. The van der Waals surface area contributed by atoms with Gasteiger partial charge in [0.25, 0.3) is 5.91 Å². The number of hydrogen-bond donors (Lipinski definition) is 1. The first-order chi connectivity index (χ1) is 15.9. The summed E-state index contributed by atoms with van der Waals surface area (Å²) in [6.45, 7) is -0.0784. The molecule has 0 fully saturated rings. The minimum Gasteiger partial charge on any atom is -0.497 e. The number of methoxy groups -OCH3 is 3. The number of nitrogens with one attached hydrogen (secondary N) is 1. The van der Waals surface area contributed by atoms with Crippen LogP contribution in [-0.4, -0.2) is 44.5 Å². The van der Waals surface area contributed by atoms with Crippen molar-refractivity contribution < 1.29 is 28.5 Å². The SMILES string of the molecule is COc1ccc(COc2ccc(Cl)nc2C(=O)CNC(=O)c2ccc(OC)c(OC)c2)cc1. The molecule has 0 aliphatic heterocycles. The molecule has 3 aromatic rings. The fourth-order valence-electron chi connectivity index (χ4n) is 2.95. The first-order valence-electron chi connectivity index (χ1n) is 9.91. The Morgan fingerprint density at radius 3 is 2.24 bits per heavy atom. The van der Waals surface area contributed by atoms with Crippen LogP contribution in [0.4, 0.5) is 0 Å². The van der Waals surface area contributed by atoms with E-state index < -0.39 is 11.7 Å². The Balaban J connectivity index is 1.67. The van der Waals surface area contributed by atoms with E-state index in [0.29, 0.717) is 17.1 Å². The average Bonchev–Trinajstić information content (AvgIpc) is 2.86. The molecule has 1 N–H and O–H groups in total.